The van der Waals surface area contributed by atoms with E-state index in [0.717, 1.165) is 42.6 Å². The lowest BCUT2D eigenvalue weighted by Crippen LogP contribution is -2.01. The molecule has 0 heterocycles. The van der Waals surface area contributed by atoms with Gasteiger partial charge in [-0.2, -0.15) is 4.39 Å². The van der Waals surface area contributed by atoms with Gasteiger partial charge in [-0.05, 0) is 53.8 Å². The van der Waals surface area contributed by atoms with Gasteiger partial charge in [0, 0.05) is 5.56 Å². The summed E-state index contributed by atoms with van der Waals surface area (Å²) in [6, 6.07) is 18.3. The maximum Gasteiger partial charge on any atom is 0.201 e. The van der Waals surface area contributed by atoms with E-state index >= 15 is 0 Å². The second-order valence-electron chi connectivity index (χ2n) is 8.38. The van der Waals surface area contributed by atoms with Gasteiger partial charge >= 0.3 is 0 Å². The molecule has 0 aliphatic carbocycles. The van der Waals surface area contributed by atoms with E-state index in [-0.39, 0.29) is 11.3 Å². The third-order valence-electron chi connectivity index (χ3n) is 5.78. The minimum Gasteiger partial charge on any atom is -0.493 e. The second-order valence-corrected chi connectivity index (χ2v) is 8.38. The molecular weight excluding hydrogens is 430 g/mol. The van der Waals surface area contributed by atoms with Crippen LogP contribution in [0.3, 0.4) is 0 Å². The molecule has 0 saturated carbocycles. The monoisotopic (exact) mass is 464 g/mol. The van der Waals surface area contributed by atoms with Crippen LogP contribution in [0, 0.1) is 11.6 Å². The summed E-state index contributed by atoms with van der Waals surface area (Å²) in [5, 5.41) is 0. The second kappa shape index (κ2) is 13.5. The summed E-state index contributed by atoms with van der Waals surface area (Å²) in [7, 11) is 0. The van der Waals surface area contributed by atoms with Gasteiger partial charge < -0.3 is 9.47 Å². The molecule has 0 fully saturated rings. The van der Waals surface area contributed by atoms with Crippen molar-refractivity contribution in [3.05, 3.63) is 85.0 Å². The molecule has 3 aromatic rings. The van der Waals surface area contributed by atoms with Gasteiger partial charge in [-0.1, -0.05) is 81.5 Å². The molecule has 0 amide bonds. The van der Waals surface area contributed by atoms with Crippen molar-refractivity contribution in [2.75, 3.05) is 13.2 Å². The molecule has 0 aliphatic rings. The Labute approximate surface area is 202 Å². The van der Waals surface area contributed by atoms with Gasteiger partial charge in [0.05, 0.1) is 13.2 Å². The van der Waals surface area contributed by atoms with Crippen LogP contribution in [0.5, 0.6) is 11.5 Å². The van der Waals surface area contributed by atoms with Gasteiger partial charge in [-0.15, -0.1) is 6.58 Å². The molecular formula is C30H34F2O2. The topological polar surface area (TPSA) is 18.5 Å². The summed E-state index contributed by atoms with van der Waals surface area (Å²) in [5.74, 6) is -1.03. The molecule has 0 radical (unpaired) electrons. The zero-order valence-corrected chi connectivity index (χ0v) is 20.0. The number of ether oxygens (including phenoxy) is 2. The molecule has 0 aliphatic heterocycles. The Morgan fingerprint density at radius 1 is 0.676 bits per heavy atom. The molecule has 0 unspecified atom stereocenters. The molecule has 0 bridgehead atoms. The van der Waals surface area contributed by atoms with Crippen LogP contribution in [-0.4, -0.2) is 13.2 Å². The first-order chi connectivity index (χ1) is 16.6. The Kier molecular flexibility index (Phi) is 10.1. The molecule has 0 aromatic heterocycles. The van der Waals surface area contributed by atoms with Crippen LogP contribution < -0.4 is 9.47 Å². The molecule has 4 heteroatoms. The Morgan fingerprint density at radius 3 is 1.97 bits per heavy atom. The van der Waals surface area contributed by atoms with E-state index in [1.54, 1.807) is 18.2 Å². The van der Waals surface area contributed by atoms with Crippen LogP contribution in [0.25, 0.3) is 22.3 Å². The van der Waals surface area contributed by atoms with Crippen LogP contribution in [0.15, 0.2) is 73.3 Å². The zero-order valence-electron chi connectivity index (χ0n) is 20.0. The van der Waals surface area contributed by atoms with Crippen LogP contribution in [0.4, 0.5) is 8.78 Å². The van der Waals surface area contributed by atoms with Crippen molar-refractivity contribution in [2.24, 2.45) is 0 Å². The number of rotatable bonds is 14. The van der Waals surface area contributed by atoms with E-state index in [1.807, 2.05) is 42.5 Å². The first-order valence-corrected chi connectivity index (χ1v) is 12.2. The van der Waals surface area contributed by atoms with Gasteiger partial charge in [0.1, 0.15) is 5.75 Å². The van der Waals surface area contributed by atoms with Crippen molar-refractivity contribution in [1.82, 2.24) is 0 Å². The zero-order chi connectivity index (χ0) is 24.2. The molecule has 0 N–H and O–H groups in total. The predicted molar refractivity (Wildman–Crippen MR) is 136 cm³/mol. The highest BCUT2D eigenvalue weighted by Gasteiger charge is 2.16. The molecule has 0 saturated heterocycles. The fraction of sp³-hybridized carbons (Fsp3) is 0.333. The maximum atomic E-state index is 14.8. The average Bonchev–Trinajstić information content (AvgIpc) is 2.87. The van der Waals surface area contributed by atoms with Gasteiger partial charge in [0.2, 0.25) is 5.82 Å². The Morgan fingerprint density at radius 2 is 1.29 bits per heavy atom. The number of benzene rings is 3. The first-order valence-electron chi connectivity index (χ1n) is 12.2. The van der Waals surface area contributed by atoms with E-state index < -0.39 is 11.6 Å². The molecule has 0 atom stereocenters. The van der Waals surface area contributed by atoms with Crippen molar-refractivity contribution in [3.63, 3.8) is 0 Å². The number of unbranched alkanes of at least 4 members (excludes halogenated alkanes) is 5. The number of hydrogen-bond acceptors (Lipinski definition) is 2. The highest BCUT2D eigenvalue weighted by molar-refractivity contribution is 5.71. The first kappa shape index (κ1) is 25.5. The van der Waals surface area contributed by atoms with Crippen LogP contribution in [0.2, 0.25) is 0 Å². The van der Waals surface area contributed by atoms with E-state index in [2.05, 4.69) is 13.5 Å². The fourth-order valence-corrected chi connectivity index (χ4v) is 3.78. The fourth-order valence-electron chi connectivity index (χ4n) is 3.78. The number of hydrogen-bond donors (Lipinski definition) is 0. The molecule has 3 rings (SSSR count). The van der Waals surface area contributed by atoms with E-state index in [4.69, 9.17) is 9.47 Å². The van der Waals surface area contributed by atoms with Crippen molar-refractivity contribution < 1.29 is 18.3 Å². The SMILES string of the molecule is C=CCCOc1ccc(-c2ccc(-c3ccc(OCCCCCCCC)c(F)c3F)cc2)cc1. The molecule has 34 heavy (non-hydrogen) atoms. The van der Waals surface area contributed by atoms with Gasteiger partial charge in [-0.3, -0.25) is 0 Å². The van der Waals surface area contributed by atoms with Crippen LogP contribution in [-0.2, 0) is 0 Å². The standard InChI is InChI=1S/C30H34F2O2/c1-3-5-7-8-9-10-22-34-28-20-19-27(29(31)30(28)32)25-13-11-23(12-14-25)24-15-17-26(18-16-24)33-21-6-4-2/h4,11-20H,2-3,5-10,21-22H2,1H3. The minimum absolute atomic E-state index is 0.0261. The van der Waals surface area contributed by atoms with E-state index in [1.165, 1.54) is 25.3 Å². The van der Waals surface area contributed by atoms with Crippen LogP contribution in [0.1, 0.15) is 51.9 Å². The maximum absolute atomic E-state index is 14.8. The summed E-state index contributed by atoms with van der Waals surface area (Å²) in [6.07, 6.45) is 9.30. The molecule has 180 valence electrons. The summed E-state index contributed by atoms with van der Waals surface area (Å²) in [6.45, 7) is 6.86. The quantitative estimate of drug-likeness (QED) is 0.175. The van der Waals surface area contributed by atoms with Gasteiger partial charge in [0.25, 0.3) is 0 Å². The smallest absolute Gasteiger partial charge is 0.201 e. The Bertz CT molecular complexity index is 1030. The lowest BCUT2D eigenvalue weighted by Gasteiger charge is -2.11. The predicted octanol–water partition coefficient (Wildman–Crippen LogP) is 8.99. The highest BCUT2D eigenvalue weighted by Crippen LogP contribution is 2.32. The van der Waals surface area contributed by atoms with E-state index in [9.17, 15) is 8.78 Å². The lowest BCUT2D eigenvalue weighted by atomic mass is 9.99. The summed E-state index contributed by atoms with van der Waals surface area (Å²) in [4.78, 5) is 0. The van der Waals surface area contributed by atoms with Crippen LogP contribution >= 0.6 is 0 Å². The molecule has 0 spiro atoms. The Balaban J connectivity index is 1.60. The van der Waals surface area contributed by atoms with Crippen molar-refractivity contribution in [3.8, 4) is 33.8 Å². The van der Waals surface area contributed by atoms with Crippen molar-refractivity contribution in [1.29, 1.82) is 0 Å². The molecule has 2 nitrogen and oxygen atoms in total. The molecule has 3 aromatic carbocycles. The van der Waals surface area contributed by atoms with Crippen molar-refractivity contribution in [2.45, 2.75) is 51.9 Å². The largest absolute Gasteiger partial charge is 0.493 e. The van der Waals surface area contributed by atoms with Gasteiger partial charge in [-0.25, -0.2) is 4.39 Å². The van der Waals surface area contributed by atoms with Gasteiger partial charge in [0.15, 0.2) is 11.6 Å². The third kappa shape index (κ3) is 7.18. The van der Waals surface area contributed by atoms with Crippen molar-refractivity contribution >= 4 is 0 Å². The highest BCUT2D eigenvalue weighted by atomic mass is 19.2. The third-order valence-corrected chi connectivity index (χ3v) is 5.78. The minimum atomic E-state index is -0.931. The normalized spacial score (nSPS) is 10.8. The summed E-state index contributed by atoms with van der Waals surface area (Å²) >= 11 is 0. The number of halogens is 2. The lowest BCUT2D eigenvalue weighted by molar-refractivity contribution is 0.285. The summed E-state index contributed by atoms with van der Waals surface area (Å²) in [5.41, 5.74) is 2.85. The van der Waals surface area contributed by atoms with E-state index in [0.29, 0.717) is 18.8 Å². The summed E-state index contributed by atoms with van der Waals surface area (Å²) < 4.78 is 40.5. The average molecular weight is 465 g/mol. The Hall–Kier alpha value is -3.14.